The van der Waals surface area contributed by atoms with Crippen molar-refractivity contribution in [2.45, 2.75) is 71.1 Å². The number of unbranched alkanes of at least 4 members (excludes halogenated alkanes) is 4. The molecule has 1 unspecified atom stereocenters. The summed E-state index contributed by atoms with van der Waals surface area (Å²) in [7, 11) is 0. The Balaban J connectivity index is 2.24. The van der Waals surface area contributed by atoms with Gasteiger partial charge in [0.1, 0.15) is 0 Å². The molecule has 0 aromatic carbocycles. The van der Waals surface area contributed by atoms with Crippen molar-refractivity contribution in [2.75, 3.05) is 0 Å². The predicted octanol–water partition coefficient (Wildman–Crippen LogP) is 5.99. The van der Waals surface area contributed by atoms with E-state index in [9.17, 15) is 0 Å². The van der Waals surface area contributed by atoms with E-state index >= 15 is 0 Å². The Bertz CT molecular complexity index is 238. The molecule has 0 saturated heterocycles. The van der Waals surface area contributed by atoms with Crippen molar-refractivity contribution in [1.82, 2.24) is 0 Å². The third kappa shape index (κ3) is 5.16. The van der Waals surface area contributed by atoms with Crippen LogP contribution in [-0.4, -0.2) is 0 Å². The van der Waals surface area contributed by atoms with Crippen LogP contribution in [0, 0.1) is 0 Å². The largest absolute Gasteiger partial charge is 0.149 e. The van der Waals surface area contributed by atoms with Crippen LogP contribution in [0.15, 0.2) is 17.5 Å². The van der Waals surface area contributed by atoms with Gasteiger partial charge in [-0.15, -0.1) is 11.3 Å². The van der Waals surface area contributed by atoms with Crippen LogP contribution in [0.2, 0.25) is 0 Å². The Kier molecular flexibility index (Phi) is 7.58. The first-order valence-electron chi connectivity index (χ1n) is 6.91. The van der Waals surface area contributed by atoms with Crippen LogP contribution in [0.4, 0.5) is 0 Å². The van der Waals surface area contributed by atoms with Gasteiger partial charge in [-0.25, -0.2) is 0 Å². The van der Waals surface area contributed by atoms with E-state index in [1.54, 1.807) is 4.88 Å². The highest BCUT2D eigenvalue weighted by Gasteiger charge is 2.10. The number of hydrogen-bond acceptors (Lipinski definition) is 1. The van der Waals surface area contributed by atoms with Gasteiger partial charge >= 0.3 is 0 Å². The van der Waals surface area contributed by atoms with E-state index in [2.05, 4.69) is 31.4 Å². The number of rotatable bonds is 9. The van der Waals surface area contributed by atoms with Crippen LogP contribution in [0.3, 0.4) is 0 Å². The van der Waals surface area contributed by atoms with Gasteiger partial charge in [-0.2, -0.15) is 0 Å². The highest BCUT2D eigenvalue weighted by molar-refractivity contribution is 7.10. The Hall–Kier alpha value is -0.300. The molecule has 0 saturated carbocycles. The summed E-state index contributed by atoms with van der Waals surface area (Å²) in [6.45, 7) is 4.59. The summed E-state index contributed by atoms with van der Waals surface area (Å²) in [5.41, 5.74) is 0. The molecule has 0 N–H and O–H groups in total. The second-order valence-electron chi connectivity index (χ2n) is 4.70. The Morgan fingerprint density at radius 1 is 1.00 bits per heavy atom. The van der Waals surface area contributed by atoms with Crippen molar-refractivity contribution in [3.05, 3.63) is 22.4 Å². The molecule has 0 bridgehead atoms. The van der Waals surface area contributed by atoms with E-state index in [0.717, 1.165) is 5.92 Å². The molecule has 92 valence electrons. The minimum atomic E-state index is 0.839. The van der Waals surface area contributed by atoms with Gasteiger partial charge < -0.3 is 0 Å². The van der Waals surface area contributed by atoms with Crippen molar-refractivity contribution in [1.29, 1.82) is 0 Å². The average Bonchev–Trinajstić information content (AvgIpc) is 2.81. The maximum absolute atomic E-state index is 2.32. The molecule has 1 aromatic heterocycles. The minimum Gasteiger partial charge on any atom is -0.149 e. The first-order valence-corrected chi connectivity index (χ1v) is 7.79. The summed E-state index contributed by atoms with van der Waals surface area (Å²) < 4.78 is 0. The van der Waals surface area contributed by atoms with Crippen LogP contribution in [0.1, 0.15) is 76.0 Å². The highest BCUT2D eigenvalue weighted by atomic mass is 32.1. The van der Waals surface area contributed by atoms with Crippen molar-refractivity contribution < 1.29 is 0 Å². The van der Waals surface area contributed by atoms with Gasteiger partial charge in [-0.3, -0.25) is 0 Å². The van der Waals surface area contributed by atoms with Crippen LogP contribution >= 0.6 is 11.3 Å². The van der Waals surface area contributed by atoms with Gasteiger partial charge in [0.25, 0.3) is 0 Å². The molecule has 0 fully saturated rings. The van der Waals surface area contributed by atoms with Crippen LogP contribution in [0.25, 0.3) is 0 Å². The molecule has 0 aliphatic carbocycles. The van der Waals surface area contributed by atoms with E-state index in [1.807, 2.05) is 11.3 Å². The molecule has 1 aromatic rings. The first kappa shape index (κ1) is 13.8. The zero-order chi connectivity index (χ0) is 11.6. The van der Waals surface area contributed by atoms with Gasteiger partial charge in [0.15, 0.2) is 0 Å². The lowest BCUT2D eigenvalue weighted by molar-refractivity contribution is 0.521. The predicted molar refractivity (Wildman–Crippen MR) is 75.3 cm³/mol. The number of hydrogen-bond donors (Lipinski definition) is 0. The van der Waals surface area contributed by atoms with Gasteiger partial charge in [-0.05, 0) is 30.2 Å². The molecule has 0 radical (unpaired) electrons. The van der Waals surface area contributed by atoms with Gasteiger partial charge in [0.05, 0.1) is 0 Å². The zero-order valence-corrected chi connectivity index (χ0v) is 11.7. The van der Waals surface area contributed by atoms with Crippen molar-refractivity contribution in [2.24, 2.45) is 0 Å². The summed E-state index contributed by atoms with van der Waals surface area (Å²) in [4.78, 5) is 1.61. The Labute approximate surface area is 105 Å². The van der Waals surface area contributed by atoms with E-state index in [4.69, 9.17) is 0 Å². The van der Waals surface area contributed by atoms with Gasteiger partial charge in [0.2, 0.25) is 0 Å². The molecular formula is C15H26S. The maximum atomic E-state index is 2.32. The molecular weight excluding hydrogens is 212 g/mol. The summed E-state index contributed by atoms with van der Waals surface area (Å²) in [5.74, 6) is 0.839. The third-order valence-electron chi connectivity index (χ3n) is 3.24. The van der Waals surface area contributed by atoms with E-state index in [1.165, 1.54) is 51.4 Å². The molecule has 0 spiro atoms. The summed E-state index contributed by atoms with van der Waals surface area (Å²) in [6.07, 6.45) is 11.1. The second kappa shape index (κ2) is 8.81. The Morgan fingerprint density at radius 3 is 2.44 bits per heavy atom. The molecule has 0 aliphatic heterocycles. The fraction of sp³-hybridized carbons (Fsp3) is 0.733. The molecule has 0 aliphatic rings. The lowest BCUT2D eigenvalue weighted by Gasteiger charge is -2.14. The van der Waals surface area contributed by atoms with Gasteiger partial charge in [-0.1, -0.05) is 58.4 Å². The van der Waals surface area contributed by atoms with E-state index in [0.29, 0.717) is 0 Å². The van der Waals surface area contributed by atoms with Crippen LogP contribution in [0.5, 0.6) is 0 Å². The summed E-state index contributed by atoms with van der Waals surface area (Å²) in [5, 5.41) is 2.22. The van der Waals surface area contributed by atoms with Crippen molar-refractivity contribution >= 4 is 11.3 Å². The minimum absolute atomic E-state index is 0.839. The lowest BCUT2D eigenvalue weighted by atomic mass is 9.94. The van der Waals surface area contributed by atoms with E-state index in [-0.39, 0.29) is 0 Å². The quantitative estimate of drug-likeness (QED) is 0.463. The monoisotopic (exact) mass is 238 g/mol. The van der Waals surface area contributed by atoms with Crippen molar-refractivity contribution in [3.63, 3.8) is 0 Å². The fourth-order valence-electron chi connectivity index (χ4n) is 2.30. The maximum Gasteiger partial charge on any atom is 0.00761 e. The summed E-state index contributed by atoms with van der Waals surface area (Å²) in [6, 6.07) is 4.51. The molecule has 16 heavy (non-hydrogen) atoms. The highest BCUT2D eigenvalue weighted by Crippen LogP contribution is 2.30. The first-order chi connectivity index (χ1) is 7.88. The Morgan fingerprint density at radius 2 is 1.81 bits per heavy atom. The second-order valence-corrected chi connectivity index (χ2v) is 5.68. The average molecular weight is 238 g/mol. The number of thiophene rings is 1. The molecule has 1 heteroatoms. The standard InChI is InChI=1S/C15H26S/c1-3-5-6-7-8-11-14(10-4-2)15-12-9-13-16-15/h9,12-14H,3-8,10-11H2,1-2H3. The topological polar surface area (TPSA) is 0 Å². The van der Waals surface area contributed by atoms with E-state index < -0.39 is 0 Å². The zero-order valence-electron chi connectivity index (χ0n) is 10.9. The SMILES string of the molecule is CCCCCCCC(CCC)c1cccs1. The van der Waals surface area contributed by atoms with Gasteiger partial charge in [0, 0.05) is 4.88 Å². The molecule has 0 amide bonds. The lowest BCUT2D eigenvalue weighted by Crippen LogP contribution is -1.96. The molecule has 1 rings (SSSR count). The third-order valence-corrected chi connectivity index (χ3v) is 4.27. The normalized spacial score (nSPS) is 12.9. The van der Waals surface area contributed by atoms with Crippen molar-refractivity contribution in [3.8, 4) is 0 Å². The molecule has 0 nitrogen and oxygen atoms in total. The van der Waals surface area contributed by atoms with Crippen LogP contribution < -0.4 is 0 Å². The molecule has 1 heterocycles. The fourth-order valence-corrected chi connectivity index (χ4v) is 3.19. The molecule has 1 atom stereocenters. The van der Waals surface area contributed by atoms with Crippen LogP contribution in [-0.2, 0) is 0 Å². The summed E-state index contributed by atoms with van der Waals surface area (Å²) >= 11 is 1.94. The smallest absolute Gasteiger partial charge is 0.00761 e.